The fourth-order valence-corrected chi connectivity index (χ4v) is 3.28. The van der Waals surface area contributed by atoms with Crippen molar-refractivity contribution in [3.63, 3.8) is 0 Å². The Morgan fingerprint density at radius 2 is 1.80 bits per heavy atom. The van der Waals surface area contributed by atoms with E-state index in [0.29, 0.717) is 24.5 Å². The van der Waals surface area contributed by atoms with Crippen LogP contribution in [0.2, 0.25) is 0 Å². The number of hydrogen-bond donors (Lipinski definition) is 1. The molecule has 1 N–H and O–H groups in total. The minimum atomic E-state index is -0.260. The van der Waals surface area contributed by atoms with E-state index in [2.05, 4.69) is 5.32 Å². The van der Waals surface area contributed by atoms with Crippen molar-refractivity contribution in [1.29, 1.82) is 0 Å². The normalized spacial score (nSPS) is 10.6. The van der Waals surface area contributed by atoms with E-state index in [4.69, 9.17) is 4.42 Å². The van der Waals surface area contributed by atoms with Crippen LogP contribution in [0, 0.1) is 5.82 Å². The summed E-state index contributed by atoms with van der Waals surface area (Å²) in [6.45, 7) is 0.469. The van der Waals surface area contributed by atoms with Crippen LogP contribution in [0.3, 0.4) is 0 Å². The second-order valence-corrected chi connectivity index (χ2v) is 6.56. The van der Waals surface area contributed by atoms with E-state index in [1.165, 1.54) is 18.4 Å². The summed E-state index contributed by atoms with van der Waals surface area (Å²) >= 11 is 1.66. The van der Waals surface area contributed by atoms with Gasteiger partial charge in [0.25, 0.3) is 5.91 Å². The Hall–Kier alpha value is -2.53. The van der Waals surface area contributed by atoms with Crippen LogP contribution in [-0.4, -0.2) is 12.5 Å². The molecule has 0 bridgehead atoms. The Kier molecular flexibility index (Phi) is 5.90. The van der Waals surface area contributed by atoms with Gasteiger partial charge in [-0.05, 0) is 42.3 Å². The van der Waals surface area contributed by atoms with E-state index in [1.807, 2.05) is 36.4 Å². The van der Waals surface area contributed by atoms with Gasteiger partial charge in [-0.3, -0.25) is 4.79 Å². The highest BCUT2D eigenvalue weighted by molar-refractivity contribution is 7.98. The Bertz CT molecular complexity index is 815. The molecule has 3 aromatic rings. The summed E-state index contributed by atoms with van der Waals surface area (Å²) < 4.78 is 18.2. The molecule has 0 saturated carbocycles. The predicted octanol–water partition coefficient (Wildman–Crippen LogP) is 4.68. The number of amides is 1. The molecule has 0 unspecified atom stereocenters. The molecule has 1 amide bonds. The van der Waals surface area contributed by atoms with Gasteiger partial charge in [-0.25, -0.2) is 4.39 Å². The molecule has 0 spiro atoms. The summed E-state index contributed by atoms with van der Waals surface area (Å²) in [4.78, 5) is 13.5. The minimum absolute atomic E-state index is 0.226. The molecule has 1 aromatic heterocycles. The van der Waals surface area contributed by atoms with Crippen molar-refractivity contribution in [3.05, 3.63) is 89.6 Å². The van der Waals surface area contributed by atoms with Crippen molar-refractivity contribution in [3.8, 4) is 0 Å². The molecule has 2 aromatic carbocycles. The third-order valence-corrected chi connectivity index (χ3v) is 4.76. The highest BCUT2D eigenvalue weighted by Crippen LogP contribution is 2.24. The summed E-state index contributed by atoms with van der Waals surface area (Å²) in [5, 5.41) is 2.85. The van der Waals surface area contributed by atoms with E-state index >= 15 is 0 Å². The van der Waals surface area contributed by atoms with Gasteiger partial charge in [-0.15, -0.1) is 11.8 Å². The lowest BCUT2D eigenvalue weighted by Crippen LogP contribution is -2.26. The summed E-state index contributed by atoms with van der Waals surface area (Å²) in [6.07, 6.45) is 2.18. The topological polar surface area (TPSA) is 42.2 Å². The molecule has 0 aliphatic heterocycles. The number of nitrogens with one attached hydrogen (secondary N) is 1. The van der Waals surface area contributed by atoms with Crippen molar-refractivity contribution in [2.45, 2.75) is 17.1 Å². The third-order valence-electron chi connectivity index (χ3n) is 3.70. The second kappa shape index (κ2) is 8.53. The van der Waals surface area contributed by atoms with Gasteiger partial charge in [0.1, 0.15) is 5.82 Å². The second-order valence-electron chi connectivity index (χ2n) is 5.51. The highest BCUT2D eigenvalue weighted by atomic mass is 32.2. The number of furan rings is 1. The van der Waals surface area contributed by atoms with Crippen LogP contribution < -0.4 is 5.32 Å². The summed E-state index contributed by atoms with van der Waals surface area (Å²) in [5.41, 5.74) is 1.84. The van der Waals surface area contributed by atoms with Crippen LogP contribution in [0.1, 0.15) is 21.7 Å². The number of carbonyl (C=O) groups is 1. The Morgan fingerprint density at radius 1 is 1.04 bits per heavy atom. The highest BCUT2D eigenvalue weighted by Gasteiger charge is 2.15. The zero-order valence-corrected chi connectivity index (χ0v) is 14.4. The van der Waals surface area contributed by atoms with Crippen LogP contribution in [0.15, 0.2) is 76.2 Å². The van der Waals surface area contributed by atoms with Crippen LogP contribution in [-0.2, 0) is 12.2 Å². The van der Waals surface area contributed by atoms with Gasteiger partial charge >= 0.3 is 0 Å². The maximum absolute atomic E-state index is 12.9. The molecule has 3 rings (SSSR count). The molecular weight excluding hydrogens is 337 g/mol. The predicted molar refractivity (Wildman–Crippen MR) is 97.1 cm³/mol. The van der Waals surface area contributed by atoms with E-state index in [-0.39, 0.29) is 11.7 Å². The lowest BCUT2D eigenvalue weighted by molar-refractivity contribution is 0.0925. The van der Waals surface area contributed by atoms with Crippen LogP contribution in [0.5, 0.6) is 0 Å². The van der Waals surface area contributed by atoms with E-state index in [1.54, 1.807) is 23.9 Å². The van der Waals surface area contributed by atoms with Crippen molar-refractivity contribution in [2.75, 3.05) is 6.54 Å². The van der Waals surface area contributed by atoms with Crippen molar-refractivity contribution >= 4 is 17.7 Å². The number of hydrogen-bond acceptors (Lipinski definition) is 3. The van der Waals surface area contributed by atoms with Gasteiger partial charge in [0.05, 0.1) is 6.26 Å². The summed E-state index contributed by atoms with van der Waals surface area (Å²) in [5.74, 6) is 0.531. The van der Waals surface area contributed by atoms with Gasteiger partial charge in [-0.1, -0.05) is 30.3 Å². The first-order valence-electron chi connectivity index (χ1n) is 7.99. The molecule has 5 heteroatoms. The first kappa shape index (κ1) is 17.3. The maximum atomic E-state index is 12.9. The van der Waals surface area contributed by atoms with Crippen LogP contribution >= 0.6 is 11.8 Å². The number of benzene rings is 2. The van der Waals surface area contributed by atoms with Gasteiger partial charge in [0.15, 0.2) is 5.76 Å². The van der Waals surface area contributed by atoms with Crippen molar-refractivity contribution in [2.24, 2.45) is 0 Å². The SMILES string of the molecule is O=C(NCCc1ccc(F)cc1)c1occc1CSc1ccccc1. The van der Waals surface area contributed by atoms with Gasteiger partial charge < -0.3 is 9.73 Å². The van der Waals surface area contributed by atoms with E-state index < -0.39 is 0 Å². The molecule has 0 aliphatic carbocycles. The fraction of sp³-hybridized carbons (Fsp3) is 0.150. The molecule has 128 valence electrons. The third kappa shape index (κ3) is 4.97. The zero-order chi connectivity index (χ0) is 17.5. The molecule has 25 heavy (non-hydrogen) atoms. The maximum Gasteiger partial charge on any atom is 0.287 e. The number of thioether (sulfide) groups is 1. The summed E-state index contributed by atoms with van der Waals surface area (Å²) in [6, 6.07) is 18.1. The Morgan fingerprint density at radius 3 is 2.56 bits per heavy atom. The number of rotatable bonds is 7. The minimum Gasteiger partial charge on any atom is -0.459 e. The lowest BCUT2D eigenvalue weighted by Gasteiger charge is -2.06. The summed E-state index contributed by atoms with van der Waals surface area (Å²) in [7, 11) is 0. The molecule has 3 nitrogen and oxygen atoms in total. The van der Waals surface area contributed by atoms with Crippen LogP contribution in [0.25, 0.3) is 0 Å². The average Bonchev–Trinajstić information content (AvgIpc) is 3.11. The molecule has 0 atom stereocenters. The molecule has 0 aliphatic rings. The molecule has 0 radical (unpaired) electrons. The number of halogens is 1. The van der Waals surface area contributed by atoms with Gasteiger partial charge in [-0.2, -0.15) is 0 Å². The van der Waals surface area contributed by atoms with E-state index in [0.717, 1.165) is 16.0 Å². The zero-order valence-electron chi connectivity index (χ0n) is 13.6. The lowest BCUT2D eigenvalue weighted by atomic mass is 10.1. The Balaban J connectivity index is 1.52. The fourth-order valence-electron chi connectivity index (χ4n) is 2.38. The van der Waals surface area contributed by atoms with Crippen LogP contribution in [0.4, 0.5) is 4.39 Å². The quantitative estimate of drug-likeness (QED) is 0.626. The molecule has 1 heterocycles. The van der Waals surface area contributed by atoms with Crippen molar-refractivity contribution in [1.82, 2.24) is 5.32 Å². The van der Waals surface area contributed by atoms with Gasteiger partial charge in [0, 0.05) is 22.8 Å². The smallest absolute Gasteiger partial charge is 0.287 e. The standard InChI is InChI=1S/C20H18FNO2S/c21-17-8-6-15(7-9-17)10-12-22-20(23)19-16(11-13-24-19)14-25-18-4-2-1-3-5-18/h1-9,11,13H,10,12,14H2,(H,22,23). The van der Waals surface area contributed by atoms with Crippen molar-refractivity contribution < 1.29 is 13.6 Å². The first-order valence-corrected chi connectivity index (χ1v) is 8.98. The largest absolute Gasteiger partial charge is 0.459 e. The molecule has 0 saturated heterocycles. The average molecular weight is 355 g/mol. The monoisotopic (exact) mass is 355 g/mol. The first-order chi connectivity index (χ1) is 12.2. The number of carbonyl (C=O) groups excluding carboxylic acids is 1. The molecular formula is C20H18FNO2S. The van der Waals surface area contributed by atoms with E-state index in [9.17, 15) is 9.18 Å². The van der Waals surface area contributed by atoms with Gasteiger partial charge in [0.2, 0.25) is 0 Å². The Labute approximate surface area is 150 Å². The molecule has 0 fully saturated rings.